The minimum absolute atomic E-state index is 0.178. The molecule has 0 bridgehead atoms. The topological polar surface area (TPSA) is 87.7 Å². The van der Waals surface area contributed by atoms with Crippen LogP contribution in [0, 0.1) is 5.92 Å². The van der Waals surface area contributed by atoms with E-state index in [0.717, 1.165) is 11.1 Å². The number of carbonyl (C=O) groups is 3. The number of benzene rings is 2. The molecule has 2 heterocycles. The van der Waals surface area contributed by atoms with Crippen molar-refractivity contribution in [3.05, 3.63) is 71.8 Å². The second-order valence-electron chi connectivity index (χ2n) is 9.19. The molecule has 2 aliphatic heterocycles. The van der Waals surface area contributed by atoms with Gasteiger partial charge in [-0.05, 0) is 37.3 Å². The van der Waals surface area contributed by atoms with E-state index in [-0.39, 0.29) is 29.7 Å². The highest BCUT2D eigenvalue weighted by Crippen LogP contribution is 2.33. The third kappa shape index (κ3) is 4.85. The van der Waals surface area contributed by atoms with E-state index in [4.69, 9.17) is 4.74 Å². The van der Waals surface area contributed by atoms with Crippen molar-refractivity contribution in [2.75, 3.05) is 0 Å². The molecule has 0 aromatic heterocycles. The maximum atomic E-state index is 13.5. The Morgan fingerprint density at radius 1 is 1.03 bits per heavy atom. The molecule has 0 spiro atoms. The van der Waals surface area contributed by atoms with Crippen LogP contribution in [0.5, 0.6) is 0 Å². The van der Waals surface area contributed by atoms with Crippen LogP contribution in [0.4, 0.5) is 0 Å². The summed E-state index contributed by atoms with van der Waals surface area (Å²) in [5.41, 5.74) is 1.93. The minimum Gasteiger partial charge on any atom is -0.353 e. The Balaban J connectivity index is 1.54. The molecule has 2 aromatic carbocycles. The molecule has 180 valence electrons. The first-order valence-corrected chi connectivity index (χ1v) is 12.1. The van der Waals surface area contributed by atoms with Crippen molar-refractivity contribution in [3.63, 3.8) is 0 Å². The predicted molar refractivity (Wildman–Crippen MR) is 128 cm³/mol. The number of carbonyl (C=O) groups excluding carboxylic acids is 3. The first-order chi connectivity index (χ1) is 16.4. The zero-order valence-electron chi connectivity index (χ0n) is 19.9. The lowest BCUT2D eigenvalue weighted by atomic mass is 9.98. The van der Waals surface area contributed by atoms with E-state index in [2.05, 4.69) is 10.6 Å². The summed E-state index contributed by atoms with van der Waals surface area (Å²) in [6, 6.07) is 17.8. The van der Waals surface area contributed by atoms with Crippen LogP contribution in [-0.2, 0) is 19.1 Å². The third-order valence-electron chi connectivity index (χ3n) is 6.91. The standard InChI is InChI=1S/C27H33N3O4/c1-4-17(2)25(31)28-23-18(3)34-22-16-15-21(30(22)27(23)33)26(32)29-24(19-11-7-5-8-12-19)20-13-9-6-10-14-20/h5-14,17-18,21-24H,4,15-16H2,1-3H3,(H,28,31)(H,29,32)/t17-,18?,21?,22+,23+/m1/s1. The Kier molecular flexibility index (Phi) is 7.32. The second-order valence-corrected chi connectivity index (χ2v) is 9.19. The molecule has 7 heteroatoms. The van der Waals surface area contributed by atoms with Gasteiger partial charge in [0.1, 0.15) is 18.3 Å². The van der Waals surface area contributed by atoms with Gasteiger partial charge < -0.3 is 20.3 Å². The number of amides is 3. The summed E-state index contributed by atoms with van der Waals surface area (Å²) in [7, 11) is 0. The second kappa shape index (κ2) is 10.4. The zero-order valence-corrected chi connectivity index (χ0v) is 19.9. The van der Waals surface area contributed by atoms with E-state index in [1.54, 1.807) is 6.92 Å². The molecule has 2 fully saturated rings. The Morgan fingerprint density at radius 3 is 2.18 bits per heavy atom. The van der Waals surface area contributed by atoms with Gasteiger partial charge in [0.2, 0.25) is 11.8 Å². The van der Waals surface area contributed by atoms with Crippen molar-refractivity contribution in [2.24, 2.45) is 5.92 Å². The van der Waals surface area contributed by atoms with Gasteiger partial charge in [0.15, 0.2) is 0 Å². The lowest BCUT2D eigenvalue weighted by Crippen LogP contribution is -2.64. The van der Waals surface area contributed by atoms with Gasteiger partial charge in [-0.15, -0.1) is 0 Å². The van der Waals surface area contributed by atoms with Gasteiger partial charge in [0, 0.05) is 5.92 Å². The van der Waals surface area contributed by atoms with E-state index >= 15 is 0 Å². The summed E-state index contributed by atoms with van der Waals surface area (Å²) in [4.78, 5) is 41.0. The molecule has 0 aliphatic carbocycles. The highest BCUT2D eigenvalue weighted by atomic mass is 16.5. The molecule has 2 unspecified atom stereocenters. The van der Waals surface area contributed by atoms with Crippen molar-refractivity contribution >= 4 is 17.7 Å². The molecule has 2 N–H and O–H groups in total. The summed E-state index contributed by atoms with van der Waals surface area (Å²) < 4.78 is 6.07. The van der Waals surface area contributed by atoms with Gasteiger partial charge in [-0.1, -0.05) is 74.5 Å². The average Bonchev–Trinajstić information content (AvgIpc) is 3.29. The van der Waals surface area contributed by atoms with Gasteiger partial charge in [-0.25, -0.2) is 0 Å². The molecule has 7 nitrogen and oxygen atoms in total. The van der Waals surface area contributed by atoms with Gasteiger partial charge >= 0.3 is 0 Å². The Bertz CT molecular complexity index is 974. The van der Waals surface area contributed by atoms with Gasteiger partial charge in [-0.2, -0.15) is 0 Å². The quantitative estimate of drug-likeness (QED) is 0.660. The number of ether oxygens (including phenoxy) is 1. The van der Waals surface area contributed by atoms with E-state index in [9.17, 15) is 14.4 Å². The van der Waals surface area contributed by atoms with Crippen molar-refractivity contribution in [3.8, 4) is 0 Å². The summed E-state index contributed by atoms with van der Waals surface area (Å²) in [6.07, 6.45) is 0.866. The lowest BCUT2D eigenvalue weighted by Gasteiger charge is -2.41. The molecule has 0 saturated carbocycles. The van der Waals surface area contributed by atoms with Crippen LogP contribution in [-0.4, -0.2) is 47.0 Å². The molecule has 34 heavy (non-hydrogen) atoms. The van der Waals surface area contributed by atoms with Gasteiger partial charge in [0.25, 0.3) is 5.91 Å². The fourth-order valence-corrected chi connectivity index (χ4v) is 4.70. The minimum atomic E-state index is -0.801. The number of fused-ring (bicyclic) bond motifs is 1. The molecule has 2 aromatic rings. The maximum Gasteiger partial charge on any atom is 0.250 e. The summed E-state index contributed by atoms with van der Waals surface area (Å²) in [5, 5.41) is 6.01. The maximum absolute atomic E-state index is 13.5. The number of nitrogens with zero attached hydrogens (tertiary/aromatic N) is 1. The van der Waals surface area contributed by atoms with Crippen LogP contribution in [0.2, 0.25) is 0 Å². The Labute approximate surface area is 200 Å². The highest BCUT2D eigenvalue weighted by molar-refractivity contribution is 5.94. The third-order valence-corrected chi connectivity index (χ3v) is 6.91. The Morgan fingerprint density at radius 2 is 1.62 bits per heavy atom. The fraction of sp³-hybridized carbons (Fsp3) is 0.444. The van der Waals surface area contributed by atoms with Gasteiger partial charge in [0.05, 0.1) is 12.1 Å². The summed E-state index contributed by atoms with van der Waals surface area (Å²) in [6.45, 7) is 5.56. The highest BCUT2D eigenvalue weighted by Gasteiger charge is 2.50. The SMILES string of the molecule is CC[C@@H](C)C(=O)N[C@@H]1C(=O)N2C(C(=O)NC(c3ccccc3)c3ccccc3)CC[C@@H]2OC1C. The molecular weight excluding hydrogens is 430 g/mol. The number of hydrogen-bond donors (Lipinski definition) is 2. The lowest BCUT2D eigenvalue weighted by molar-refractivity contribution is -0.179. The molecule has 5 atom stereocenters. The van der Waals surface area contributed by atoms with Crippen molar-refractivity contribution in [1.82, 2.24) is 15.5 Å². The van der Waals surface area contributed by atoms with E-state index < -0.39 is 24.4 Å². The van der Waals surface area contributed by atoms with E-state index in [0.29, 0.717) is 19.3 Å². The molecule has 4 rings (SSSR count). The largest absolute Gasteiger partial charge is 0.353 e. The molecule has 2 aliphatic rings. The molecule has 3 amide bonds. The monoisotopic (exact) mass is 463 g/mol. The van der Waals surface area contributed by atoms with E-state index in [1.165, 1.54) is 4.90 Å². The Hall–Kier alpha value is -3.19. The van der Waals surface area contributed by atoms with Crippen LogP contribution in [0.25, 0.3) is 0 Å². The fourth-order valence-electron chi connectivity index (χ4n) is 4.70. The number of nitrogens with one attached hydrogen (secondary N) is 2. The summed E-state index contributed by atoms with van der Waals surface area (Å²) >= 11 is 0. The molecule has 0 radical (unpaired) electrons. The number of rotatable bonds is 7. The van der Waals surface area contributed by atoms with E-state index in [1.807, 2.05) is 74.5 Å². The van der Waals surface area contributed by atoms with Crippen LogP contribution in [0.3, 0.4) is 0 Å². The smallest absolute Gasteiger partial charge is 0.250 e. The van der Waals surface area contributed by atoms with Crippen molar-refractivity contribution in [1.29, 1.82) is 0 Å². The summed E-state index contributed by atoms with van der Waals surface area (Å²) in [5.74, 6) is -0.858. The van der Waals surface area contributed by atoms with Crippen LogP contribution in [0.1, 0.15) is 57.2 Å². The number of hydrogen-bond acceptors (Lipinski definition) is 4. The van der Waals surface area contributed by atoms with Crippen LogP contribution >= 0.6 is 0 Å². The average molecular weight is 464 g/mol. The van der Waals surface area contributed by atoms with Gasteiger partial charge in [-0.3, -0.25) is 14.4 Å². The first kappa shape index (κ1) is 24.0. The molecular formula is C27H33N3O4. The van der Waals surface area contributed by atoms with Crippen LogP contribution in [0.15, 0.2) is 60.7 Å². The van der Waals surface area contributed by atoms with Crippen molar-refractivity contribution in [2.45, 2.75) is 70.5 Å². The van der Waals surface area contributed by atoms with Crippen molar-refractivity contribution < 1.29 is 19.1 Å². The first-order valence-electron chi connectivity index (χ1n) is 12.1. The molecule has 2 saturated heterocycles. The normalized spacial score (nSPS) is 25.1. The van der Waals surface area contributed by atoms with Crippen LogP contribution < -0.4 is 10.6 Å². The zero-order chi connectivity index (χ0) is 24.2. The predicted octanol–water partition coefficient (Wildman–Crippen LogP) is 3.16.